The third-order valence-electron chi connectivity index (χ3n) is 8.69. The summed E-state index contributed by atoms with van der Waals surface area (Å²) >= 11 is 0. The second kappa shape index (κ2) is 13.7. The topological polar surface area (TPSA) is 37.4 Å². The Kier molecular flexibility index (Phi) is 10.1. The minimum absolute atomic E-state index is 0.130. The maximum atomic E-state index is 13.9. The van der Waals surface area contributed by atoms with Crippen molar-refractivity contribution in [2.75, 3.05) is 13.1 Å². The molecular weight excluding hydrogens is 490 g/mol. The molecule has 0 N–H and O–H groups in total. The molecule has 2 aliphatic rings. The van der Waals surface area contributed by atoms with Gasteiger partial charge in [0.2, 0.25) is 0 Å². The lowest BCUT2D eigenvalue weighted by molar-refractivity contribution is -0.124. The van der Waals surface area contributed by atoms with E-state index < -0.39 is 0 Å². The molecule has 3 nitrogen and oxygen atoms in total. The van der Waals surface area contributed by atoms with Gasteiger partial charge in [0.25, 0.3) is 0 Å². The molecule has 2 atom stereocenters. The van der Waals surface area contributed by atoms with E-state index in [1.165, 1.54) is 22.3 Å². The first-order valence-corrected chi connectivity index (χ1v) is 14.7. The molecule has 0 saturated carbocycles. The molecule has 0 amide bonds. The number of fused-ring (bicyclic) bond motifs is 1. The van der Waals surface area contributed by atoms with E-state index in [2.05, 4.69) is 99.5 Å². The monoisotopic (exact) mass is 533 g/mol. The molecule has 1 aliphatic heterocycles. The predicted molar refractivity (Wildman–Crippen MR) is 167 cm³/mol. The van der Waals surface area contributed by atoms with Crippen molar-refractivity contribution in [2.45, 2.75) is 64.8 Å². The third-order valence-corrected chi connectivity index (χ3v) is 8.69. The standard InChI is InChI=1S/C35H39NO2.C2H4/c1-4-27-9-5-7-11-30(27)34-32(23-29-10-6-8-12-31(29)35(34)38)25(3)36-21-19-28(20-22-36)33(37)18-17-26-15-13-24(2)14-16-26;1-2/h5-16,23,25,28,34H,4,17-22H2,1-3H3;1-2H2. The highest BCUT2D eigenvalue weighted by Crippen LogP contribution is 2.40. The fraction of sp³-hybridized carbons (Fsp3) is 0.351. The minimum atomic E-state index is -0.259. The first-order valence-electron chi connectivity index (χ1n) is 14.7. The van der Waals surface area contributed by atoms with Crippen molar-refractivity contribution in [1.82, 2.24) is 4.90 Å². The summed E-state index contributed by atoms with van der Waals surface area (Å²) in [5.41, 5.74) is 7.87. The van der Waals surface area contributed by atoms with E-state index in [1.807, 2.05) is 18.2 Å². The molecule has 1 fully saturated rings. The Labute approximate surface area is 240 Å². The van der Waals surface area contributed by atoms with Gasteiger partial charge in [-0.3, -0.25) is 14.5 Å². The van der Waals surface area contributed by atoms with Gasteiger partial charge in [0.15, 0.2) is 5.78 Å². The van der Waals surface area contributed by atoms with Crippen molar-refractivity contribution in [1.29, 1.82) is 0 Å². The number of aryl methyl sites for hydroxylation is 3. The van der Waals surface area contributed by atoms with Crippen LogP contribution in [0.15, 0.2) is 91.5 Å². The number of likely N-dealkylation sites (tertiary alicyclic amines) is 1. The maximum Gasteiger partial charge on any atom is 0.175 e. The van der Waals surface area contributed by atoms with Crippen molar-refractivity contribution in [3.63, 3.8) is 0 Å². The first kappa shape index (κ1) is 29.4. The van der Waals surface area contributed by atoms with Crippen LogP contribution in [0.5, 0.6) is 0 Å². The summed E-state index contributed by atoms with van der Waals surface area (Å²) in [5, 5.41) is 0. The number of Topliss-reactive ketones (excluding diaryl/α,β-unsaturated/α-hetero) is 2. The zero-order valence-electron chi connectivity index (χ0n) is 24.4. The Morgan fingerprint density at radius 3 is 2.30 bits per heavy atom. The van der Waals surface area contributed by atoms with Crippen LogP contribution in [-0.4, -0.2) is 35.6 Å². The number of ketones is 2. The van der Waals surface area contributed by atoms with Gasteiger partial charge in [0.1, 0.15) is 5.78 Å². The van der Waals surface area contributed by atoms with Crippen molar-refractivity contribution in [3.8, 4) is 0 Å². The van der Waals surface area contributed by atoms with Crippen molar-refractivity contribution < 1.29 is 9.59 Å². The van der Waals surface area contributed by atoms with Crippen LogP contribution in [0.2, 0.25) is 0 Å². The second-order valence-corrected chi connectivity index (χ2v) is 11.0. The zero-order chi connectivity index (χ0) is 28.6. The van der Waals surface area contributed by atoms with Crippen LogP contribution < -0.4 is 0 Å². The SMILES string of the molecule is C=C.CCc1ccccc1C1C(=O)c2ccccc2C=C1C(C)N1CCC(C(=O)CCc2ccc(C)cc2)CC1. The smallest absolute Gasteiger partial charge is 0.175 e. The molecule has 1 heterocycles. The molecule has 3 heteroatoms. The highest BCUT2D eigenvalue weighted by Gasteiger charge is 2.37. The molecular formula is C37H43NO2. The van der Waals surface area contributed by atoms with Crippen LogP contribution in [-0.2, 0) is 17.6 Å². The van der Waals surface area contributed by atoms with E-state index in [1.54, 1.807) is 0 Å². The van der Waals surface area contributed by atoms with Crippen LogP contribution >= 0.6 is 0 Å². The van der Waals surface area contributed by atoms with E-state index in [0.717, 1.165) is 55.5 Å². The molecule has 208 valence electrons. The molecule has 1 saturated heterocycles. The van der Waals surface area contributed by atoms with E-state index in [4.69, 9.17) is 0 Å². The van der Waals surface area contributed by atoms with Gasteiger partial charge in [-0.2, -0.15) is 0 Å². The van der Waals surface area contributed by atoms with Crippen molar-refractivity contribution >= 4 is 17.6 Å². The highest BCUT2D eigenvalue weighted by atomic mass is 16.1. The van der Waals surface area contributed by atoms with Crippen LogP contribution in [0.3, 0.4) is 0 Å². The lowest BCUT2D eigenvalue weighted by atomic mass is 9.74. The Balaban J connectivity index is 0.00000181. The molecule has 40 heavy (non-hydrogen) atoms. The van der Waals surface area contributed by atoms with Gasteiger partial charge in [-0.05, 0) is 80.4 Å². The van der Waals surface area contributed by atoms with Crippen LogP contribution in [0.4, 0.5) is 0 Å². The summed E-state index contributed by atoms with van der Waals surface area (Å²) < 4.78 is 0. The van der Waals surface area contributed by atoms with E-state index in [9.17, 15) is 9.59 Å². The Hall–Kier alpha value is -3.56. The fourth-order valence-electron chi connectivity index (χ4n) is 6.28. The third kappa shape index (κ3) is 6.42. The first-order chi connectivity index (χ1) is 19.5. The van der Waals surface area contributed by atoms with E-state index in [-0.39, 0.29) is 23.7 Å². The second-order valence-electron chi connectivity index (χ2n) is 11.0. The molecule has 3 aromatic carbocycles. The maximum absolute atomic E-state index is 13.9. The molecule has 3 aromatic rings. The molecule has 2 unspecified atom stereocenters. The summed E-state index contributed by atoms with van der Waals surface area (Å²) in [6.07, 6.45) is 6.39. The molecule has 1 aliphatic carbocycles. The van der Waals surface area contributed by atoms with Crippen LogP contribution in [0.1, 0.15) is 77.2 Å². The van der Waals surface area contributed by atoms with Gasteiger partial charge in [0, 0.05) is 23.9 Å². The Morgan fingerprint density at radius 2 is 1.60 bits per heavy atom. The highest BCUT2D eigenvalue weighted by molar-refractivity contribution is 6.09. The van der Waals surface area contributed by atoms with Gasteiger partial charge >= 0.3 is 0 Å². The predicted octanol–water partition coefficient (Wildman–Crippen LogP) is 8.03. The van der Waals surface area contributed by atoms with Crippen molar-refractivity contribution in [2.24, 2.45) is 5.92 Å². The number of hydrogen-bond donors (Lipinski definition) is 0. The lowest BCUT2D eigenvalue weighted by Crippen LogP contribution is -2.44. The van der Waals surface area contributed by atoms with Crippen molar-refractivity contribution in [3.05, 3.63) is 125 Å². The van der Waals surface area contributed by atoms with Crippen LogP contribution in [0, 0.1) is 12.8 Å². The molecule has 5 rings (SSSR count). The summed E-state index contributed by atoms with van der Waals surface area (Å²) in [4.78, 5) is 29.4. The minimum Gasteiger partial charge on any atom is -0.299 e. The van der Waals surface area contributed by atoms with Gasteiger partial charge < -0.3 is 0 Å². The van der Waals surface area contributed by atoms with Gasteiger partial charge in [-0.15, -0.1) is 13.2 Å². The van der Waals surface area contributed by atoms with E-state index >= 15 is 0 Å². The largest absolute Gasteiger partial charge is 0.299 e. The number of nitrogens with zero attached hydrogens (tertiary/aromatic N) is 1. The summed E-state index contributed by atoms with van der Waals surface area (Å²) in [5.74, 6) is 0.480. The average Bonchev–Trinajstić information content (AvgIpc) is 3.01. The Bertz CT molecular complexity index is 1340. The molecule has 0 aromatic heterocycles. The summed E-state index contributed by atoms with van der Waals surface area (Å²) in [6, 6.07) is 25.0. The summed E-state index contributed by atoms with van der Waals surface area (Å²) in [6.45, 7) is 14.3. The fourth-order valence-corrected chi connectivity index (χ4v) is 6.28. The zero-order valence-corrected chi connectivity index (χ0v) is 24.4. The number of carbonyl (C=O) groups is 2. The average molecular weight is 534 g/mol. The number of rotatable bonds is 8. The molecule has 0 spiro atoms. The normalized spacial score (nSPS) is 18.2. The summed E-state index contributed by atoms with van der Waals surface area (Å²) in [7, 11) is 0. The lowest BCUT2D eigenvalue weighted by Gasteiger charge is -2.40. The van der Waals surface area contributed by atoms with Gasteiger partial charge in [-0.1, -0.05) is 91.4 Å². The quantitative estimate of drug-likeness (QED) is 0.275. The molecule has 0 bridgehead atoms. The van der Waals surface area contributed by atoms with Crippen LogP contribution in [0.25, 0.3) is 6.08 Å². The number of hydrogen-bond acceptors (Lipinski definition) is 3. The Morgan fingerprint density at radius 1 is 0.950 bits per heavy atom. The number of carbonyl (C=O) groups excluding carboxylic acids is 2. The number of benzene rings is 3. The van der Waals surface area contributed by atoms with E-state index in [0.29, 0.717) is 12.2 Å². The van der Waals surface area contributed by atoms with Gasteiger partial charge in [-0.25, -0.2) is 0 Å². The molecule has 0 radical (unpaired) electrons. The van der Waals surface area contributed by atoms with Gasteiger partial charge in [0.05, 0.1) is 5.92 Å². The number of piperidine rings is 1.